The van der Waals surface area contributed by atoms with Gasteiger partial charge in [0.05, 0.1) is 12.0 Å². The molecular formula is C22H30N2O4S. The van der Waals surface area contributed by atoms with Gasteiger partial charge in [-0.1, -0.05) is 50.1 Å². The number of carbonyl (C=O) groups is 1. The van der Waals surface area contributed by atoms with Crippen LogP contribution in [0.25, 0.3) is 0 Å². The second-order valence-electron chi connectivity index (χ2n) is 6.99. The summed E-state index contributed by atoms with van der Waals surface area (Å²) in [5.41, 5.74) is 1.59. The number of nitrogens with one attached hydrogen (secondary N) is 2. The number of sulfonamides is 1. The zero-order valence-electron chi connectivity index (χ0n) is 17.3. The van der Waals surface area contributed by atoms with Crippen molar-refractivity contribution in [3.8, 4) is 5.75 Å². The maximum Gasteiger partial charge on any atom is 0.241 e. The van der Waals surface area contributed by atoms with Crippen molar-refractivity contribution >= 4 is 15.9 Å². The maximum absolute atomic E-state index is 12.9. The van der Waals surface area contributed by atoms with Gasteiger partial charge < -0.3 is 10.1 Å². The van der Waals surface area contributed by atoms with Crippen LogP contribution in [0.2, 0.25) is 0 Å². The number of hydrogen-bond acceptors (Lipinski definition) is 4. The molecule has 1 amide bonds. The van der Waals surface area contributed by atoms with Crippen molar-refractivity contribution in [1.29, 1.82) is 0 Å². The van der Waals surface area contributed by atoms with Crippen LogP contribution in [0.1, 0.15) is 37.3 Å². The first-order chi connectivity index (χ1) is 13.9. The minimum atomic E-state index is -3.87. The molecule has 2 N–H and O–H groups in total. The Balaban J connectivity index is 2.20. The standard InChI is InChI=1S/C22H30N2O4S/c1-4-5-9-14-23-22(25)20(16-18-10-7-6-8-11-18)24-29(26,27)19-12-13-21(28-3)17(2)15-19/h6-8,10-13,15,20,24H,4-5,9,14,16H2,1-3H3,(H,23,25)/t20-/m1/s1. The minimum absolute atomic E-state index is 0.104. The second-order valence-corrected chi connectivity index (χ2v) is 8.71. The predicted octanol–water partition coefficient (Wildman–Crippen LogP) is 3.20. The van der Waals surface area contributed by atoms with E-state index in [1.165, 1.54) is 13.2 Å². The van der Waals surface area contributed by atoms with E-state index in [1.807, 2.05) is 30.3 Å². The van der Waals surface area contributed by atoms with E-state index in [1.54, 1.807) is 19.1 Å². The molecule has 2 rings (SSSR count). The molecule has 0 bridgehead atoms. The molecule has 0 saturated heterocycles. The van der Waals surface area contributed by atoms with Crippen LogP contribution in [0.5, 0.6) is 5.75 Å². The molecule has 0 unspecified atom stereocenters. The number of rotatable bonds is 11. The Labute approximate surface area is 173 Å². The highest BCUT2D eigenvalue weighted by Gasteiger charge is 2.26. The number of benzene rings is 2. The van der Waals surface area contributed by atoms with E-state index >= 15 is 0 Å². The van der Waals surface area contributed by atoms with Crippen LogP contribution in [0.15, 0.2) is 53.4 Å². The number of unbranched alkanes of at least 4 members (excludes halogenated alkanes) is 2. The number of methoxy groups -OCH3 is 1. The molecule has 158 valence electrons. The van der Waals surface area contributed by atoms with Crippen LogP contribution in [0.3, 0.4) is 0 Å². The summed E-state index contributed by atoms with van der Waals surface area (Å²) < 4.78 is 33.6. The average molecular weight is 419 g/mol. The highest BCUT2D eigenvalue weighted by atomic mass is 32.2. The summed E-state index contributed by atoms with van der Waals surface area (Å²) in [6.07, 6.45) is 3.20. The van der Waals surface area contributed by atoms with Crippen molar-refractivity contribution in [2.45, 2.75) is 50.5 Å². The second kappa shape index (κ2) is 11.0. The normalized spacial score (nSPS) is 12.4. The first-order valence-electron chi connectivity index (χ1n) is 9.86. The number of carbonyl (C=O) groups excluding carboxylic acids is 1. The Kier molecular flexibility index (Phi) is 8.67. The van der Waals surface area contributed by atoms with E-state index in [2.05, 4.69) is 17.0 Å². The van der Waals surface area contributed by atoms with Gasteiger partial charge in [0.2, 0.25) is 15.9 Å². The highest BCUT2D eigenvalue weighted by Crippen LogP contribution is 2.21. The molecule has 0 aliphatic carbocycles. The van der Waals surface area contributed by atoms with Crippen molar-refractivity contribution in [3.63, 3.8) is 0 Å². The Hall–Kier alpha value is -2.38. The molecular weight excluding hydrogens is 388 g/mol. The first-order valence-corrected chi connectivity index (χ1v) is 11.3. The van der Waals surface area contributed by atoms with Crippen LogP contribution in [-0.2, 0) is 21.2 Å². The van der Waals surface area contributed by atoms with E-state index in [4.69, 9.17) is 4.74 Å². The number of ether oxygens (including phenoxy) is 1. The lowest BCUT2D eigenvalue weighted by molar-refractivity contribution is -0.122. The predicted molar refractivity (Wildman–Crippen MR) is 115 cm³/mol. The third-order valence-corrected chi connectivity index (χ3v) is 6.12. The minimum Gasteiger partial charge on any atom is -0.496 e. The fourth-order valence-electron chi connectivity index (χ4n) is 3.02. The van der Waals surface area contributed by atoms with Crippen molar-refractivity contribution in [1.82, 2.24) is 10.0 Å². The van der Waals surface area contributed by atoms with Crippen molar-refractivity contribution in [3.05, 3.63) is 59.7 Å². The molecule has 0 spiro atoms. The van der Waals surface area contributed by atoms with Crippen molar-refractivity contribution in [2.24, 2.45) is 0 Å². The van der Waals surface area contributed by atoms with E-state index in [0.29, 0.717) is 17.9 Å². The van der Waals surface area contributed by atoms with Gasteiger partial charge in [0.25, 0.3) is 0 Å². The molecule has 0 heterocycles. The quantitative estimate of drug-likeness (QED) is 0.549. The molecule has 0 aromatic heterocycles. The molecule has 1 atom stereocenters. The molecule has 29 heavy (non-hydrogen) atoms. The SMILES string of the molecule is CCCCCNC(=O)[C@@H](Cc1ccccc1)NS(=O)(=O)c1ccc(OC)c(C)c1. The van der Waals surface area contributed by atoms with E-state index in [9.17, 15) is 13.2 Å². The fraction of sp³-hybridized carbons (Fsp3) is 0.409. The van der Waals surface area contributed by atoms with Gasteiger partial charge in [-0.25, -0.2) is 8.42 Å². The summed E-state index contributed by atoms with van der Waals surface area (Å²) in [4.78, 5) is 12.8. The molecule has 2 aromatic rings. The summed E-state index contributed by atoms with van der Waals surface area (Å²) in [5.74, 6) is 0.289. The van der Waals surface area contributed by atoms with Crippen molar-refractivity contribution in [2.75, 3.05) is 13.7 Å². The van der Waals surface area contributed by atoms with Gasteiger partial charge in [-0.05, 0) is 49.1 Å². The lowest BCUT2D eigenvalue weighted by atomic mass is 10.1. The van der Waals surface area contributed by atoms with Gasteiger partial charge in [-0.3, -0.25) is 4.79 Å². The van der Waals surface area contributed by atoms with Gasteiger partial charge in [-0.15, -0.1) is 0 Å². The largest absolute Gasteiger partial charge is 0.496 e. The van der Waals surface area contributed by atoms with Crippen LogP contribution < -0.4 is 14.8 Å². The Bertz CT molecular complexity index is 898. The van der Waals surface area contributed by atoms with Gasteiger partial charge in [0.15, 0.2) is 0 Å². The summed E-state index contributed by atoms with van der Waals surface area (Å²) in [5, 5.41) is 2.86. The van der Waals surface area contributed by atoms with E-state index in [-0.39, 0.29) is 17.2 Å². The molecule has 0 saturated carbocycles. The third-order valence-electron chi connectivity index (χ3n) is 4.65. The van der Waals surface area contributed by atoms with Gasteiger partial charge in [0, 0.05) is 6.54 Å². The number of hydrogen-bond donors (Lipinski definition) is 2. The lowest BCUT2D eigenvalue weighted by Gasteiger charge is -2.19. The van der Waals surface area contributed by atoms with Gasteiger partial charge >= 0.3 is 0 Å². The topological polar surface area (TPSA) is 84.5 Å². The molecule has 0 radical (unpaired) electrons. The average Bonchev–Trinajstić information content (AvgIpc) is 2.71. The van der Waals surface area contributed by atoms with Crippen LogP contribution in [0.4, 0.5) is 0 Å². The monoisotopic (exact) mass is 418 g/mol. The molecule has 7 heteroatoms. The Morgan fingerprint density at radius 3 is 2.45 bits per heavy atom. The van der Waals surface area contributed by atoms with E-state index in [0.717, 1.165) is 24.8 Å². The first kappa shape index (κ1) is 22.9. The third kappa shape index (κ3) is 6.87. The molecule has 0 fully saturated rings. The molecule has 0 aliphatic rings. The lowest BCUT2D eigenvalue weighted by Crippen LogP contribution is -2.48. The Morgan fingerprint density at radius 2 is 1.83 bits per heavy atom. The van der Waals surface area contributed by atoms with Crippen LogP contribution in [0, 0.1) is 6.92 Å². The van der Waals surface area contributed by atoms with Crippen LogP contribution >= 0.6 is 0 Å². The number of amides is 1. The van der Waals surface area contributed by atoms with Gasteiger partial charge in [0.1, 0.15) is 11.8 Å². The molecule has 0 aliphatic heterocycles. The van der Waals surface area contributed by atoms with Crippen molar-refractivity contribution < 1.29 is 17.9 Å². The fourth-order valence-corrected chi connectivity index (χ4v) is 4.30. The summed E-state index contributed by atoms with van der Waals surface area (Å²) in [6, 6.07) is 13.1. The van der Waals surface area contributed by atoms with E-state index < -0.39 is 16.1 Å². The summed E-state index contributed by atoms with van der Waals surface area (Å²) in [7, 11) is -2.34. The van der Waals surface area contributed by atoms with Crippen LogP contribution in [-0.4, -0.2) is 34.0 Å². The summed E-state index contributed by atoms with van der Waals surface area (Å²) in [6.45, 7) is 4.39. The smallest absolute Gasteiger partial charge is 0.241 e. The zero-order chi connectivity index (χ0) is 21.3. The number of aryl methyl sites for hydroxylation is 1. The highest BCUT2D eigenvalue weighted by molar-refractivity contribution is 7.89. The Morgan fingerprint density at radius 1 is 1.10 bits per heavy atom. The van der Waals surface area contributed by atoms with Gasteiger partial charge in [-0.2, -0.15) is 4.72 Å². The molecule has 6 nitrogen and oxygen atoms in total. The molecule has 2 aromatic carbocycles. The summed E-state index contributed by atoms with van der Waals surface area (Å²) >= 11 is 0. The maximum atomic E-state index is 12.9. The zero-order valence-corrected chi connectivity index (χ0v) is 18.1.